The minimum Gasteiger partial charge on any atom is -0.480 e. The van der Waals surface area contributed by atoms with Gasteiger partial charge in [-0.1, -0.05) is 0 Å². The largest absolute Gasteiger partial charge is 0.480 e. The number of nitrogens with two attached hydrogens (primary N) is 5. The maximum Gasteiger partial charge on any atom is 0.326 e. The van der Waals surface area contributed by atoms with Crippen molar-refractivity contribution < 1.29 is 29.4 Å². The van der Waals surface area contributed by atoms with Gasteiger partial charge in [-0.2, -0.15) is 0 Å². The Hall–Kier alpha value is -3.66. The lowest BCUT2D eigenvalue weighted by Gasteiger charge is -2.30. The number of aliphatic hydroxyl groups excluding tert-OH is 1. The molecule has 0 radical (unpaired) electrons. The molecule has 0 aromatic heterocycles. The third-order valence-electron chi connectivity index (χ3n) is 5.78. The van der Waals surface area contributed by atoms with Crippen molar-refractivity contribution in [1.82, 2.24) is 15.5 Å². The molecule has 210 valence electrons. The highest BCUT2D eigenvalue weighted by Crippen LogP contribution is 2.20. The van der Waals surface area contributed by atoms with E-state index in [-0.39, 0.29) is 44.4 Å². The molecule has 1 aliphatic rings. The number of carboxylic acids is 1. The molecule has 16 heteroatoms. The number of aliphatic carboxylic acids is 1. The molecular formula is C21H40N10O6. The average molecular weight is 529 g/mol. The Morgan fingerprint density at radius 1 is 0.973 bits per heavy atom. The van der Waals surface area contributed by atoms with Gasteiger partial charge in [0.25, 0.3) is 0 Å². The van der Waals surface area contributed by atoms with Crippen LogP contribution < -0.4 is 39.3 Å². The predicted molar refractivity (Wildman–Crippen MR) is 136 cm³/mol. The predicted octanol–water partition coefficient (Wildman–Crippen LogP) is -4.15. The number of carboxylic acid groups (broad SMARTS) is 1. The van der Waals surface area contributed by atoms with Crippen LogP contribution >= 0.6 is 0 Å². The summed E-state index contributed by atoms with van der Waals surface area (Å²) in [5.74, 6) is -3.36. The van der Waals surface area contributed by atoms with Gasteiger partial charge in [-0.25, -0.2) is 4.79 Å². The van der Waals surface area contributed by atoms with Gasteiger partial charge in [0.15, 0.2) is 11.9 Å². The lowest BCUT2D eigenvalue weighted by molar-refractivity contribution is -0.145. The maximum atomic E-state index is 13.4. The highest BCUT2D eigenvalue weighted by molar-refractivity contribution is 5.94. The van der Waals surface area contributed by atoms with E-state index in [1.165, 1.54) is 11.8 Å². The van der Waals surface area contributed by atoms with Gasteiger partial charge in [0, 0.05) is 19.6 Å². The molecule has 14 N–H and O–H groups in total. The molecule has 0 saturated carbocycles. The first-order valence-electron chi connectivity index (χ1n) is 12.0. The molecule has 0 aromatic rings. The summed E-state index contributed by atoms with van der Waals surface area (Å²) in [6, 6.07) is -4.44. The molecule has 0 spiro atoms. The Bertz CT molecular complexity index is 857. The highest BCUT2D eigenvalue weighted by Gasteiger charge is 2.39. The number of aliphatic hydroxyl groups is 1. The first kappa shape index (κ1) is 31.4. The summed E-state index contributed by atoms with van der Waals surface area (Å²) in [7, 11) is 0. The summed E-state index contributed by atoms with van der Waals surface area (Å²) in [5.41, 5.74) is 26.8. The fourth-order valence-corrected chi connectivity index (χ4v) is 3.78. The van der Waals surface area contributed by atoms with Crippen molar-refractivity contribution in [3.63, 3.8) is 0 Å². The lowest BCUT2D eigenvalue weighted by atomic mass is 10.1. The van der Waals surface area contributed by atoms with E-state index in [9.17, 15) is 29.4 Å². The molecule has 3 amide bonds. The number of rotatable bonds is 15. The number of likely N-dealkylation sites (tertiary alicyclic amines) is 1. The van der Waals surface area contributed by atoms with Gasteiger partial charge in [0.2, 0.25) is 17.7 Å². The molecule has 0 aliphatic carbocycles. The van der Waals surface area contributed by atoms with Crippen LogP contribution in [-0.2, 0) is 19.2 Å². The van der Waals surface area contributed by atoms with Gasteiger partial charge >= 0.3 is 5.97 Å². The lowest BCUT2D eigenvalue weighted by Crippen LogP contribution is -2.57. The van der Waals surface area contributed by atoms with Crippen molar-refractivity contribution in [2.75, 3.05) is 19.6 Å². The Morgan fingerprint density at radius 2 is 1.51 bits per heavy atom. The van der Waals surface area contributed by atoms with Crippen molar-refractivity contribution >= 4 is 35.6 Å². The van der Waals surface area contributed by atoms with E-state index in [1.54, 1.807) is 0 Å². The summed E-state index contributed by atoms with van der Waals surface area (Å²) >= 11 is 0. The minimum atomic E-state index is -1.26. The monoisotopic (exact) mass is 528 g/mol. The van der Waals surface area contributed by atoms with E-state index >= 15 is 0 Å². The van der Waals surface area contributed by atoms with E-state index < -0.39 is 54.0 Å². The summed E-state index contributed by atoms with van der Waals surface area (Å²) in [4.78, 5) is 59.4. The first-order valence-corrected chi connectivity index (χ1v) is 12.0. The van der Waals surface area contributed by atoms with Crippen LogP contribution in [0.25, 0.3) is 0 Å². The molecule has 1 rings (SSSR count). The van der Waals surface area contributed by atoms with Crippen molar-refractivity contribution in [3.8, 4) is 0 Å². The number of guanidine groups is 2. The van der Waals surface area contributed by atoms with Crippen LogP contribution in [0.5, 0.6) is 0 Å². The van der Waals surface area contributed by atoms with Crippen molar-refractivity contribution in [2.24, 2.45) is 38.7 Å². The number of aliphatic imine (C=N–C) groups is 2. The van der Waals surface area contributed by atoms with E-state index in [1.807, 2.05) is 0 Å². The Balaban J connectivity index is 2.94. The van der Waals surface area contributed by atoms with E-state index in [4.69, 9.17) is 28.7 Å². The standard InChI is InChI=1S/C21H40N10O6/c1-11(32)15(22)17(34)29-12(5-2-8-27-20(23)24)18(35)31-10-4-7-14(31)16(33)30-13(19(36)37)6-3-9-28-21(25)26/h11-15,32H,2-10,22H2,1H3,(H,29,34)(H,30,33)(H,36,37)(H4,23,24,27)(H4,25,26,28). The van der Waals surface area contributed by atoms with Crippen molar-refractivity contribution in [1.29, 1.82) is 0 Å². The zero-order valence-electron chi connectivity index (χ0n) is 21.0. The zero-order valence-corrected chi connectivity index (χ0v) is 21.0. The van der Waals surface area contributed by atoms with Gasteiger partial charge in [0.1, 0.15) is 24.2 Å². The molecule has 1 fully saturated rings. The third-order valence-corrected chi connectivity index (χ3v) is 5.78. The third kappa shape index (κ3) is 10.9. The van der Waals surface area contributed by atoms with Gasteiger partial charge in [-0.3, -0.25) is 24.4 Å². The number of carbonyl (C=O) groups is 4. The maximum absolute atomic E-state index is 13.4. The molecule has 37 heavy (non-hydrogen) atoms. The topological polar surface area (TPSA) is 291 Å². The first-order chi connectivity index (χ1) is 17.3. The minimum absolute atomic E-state index is 0.0826. The summed E-state index contributed by atoms with van der Waals surface area (Å²) in [6.07, 6.45) is 0.548. The Kier molecular flexibility index (Phi) is 13.1. The molecule has 5 unspecified atom stereocenters. The second kappa shape index (κ2) is 15.5. The molecule has 1 heterocycles. The normalized spacial score (nSPS) is 18.1. The molecule has 5 atom stereocenters. The van der Waals surface area contributed by atoms with Crippen LogP contribution in [0.1, 0.15) is 45.4 Å². The average Bonchev–Trinajstić information content (AvgIpc) is 3.31. The van der Waals surface area contributed by atoms with Crippen LogP contribution in [0.15, 0.2) is 9.98 Å². The molecule has 1 aliphatic heterocycles. The van der Waals surface area contributed by atoms with E-state index in [2.05, 4.69) is 20.6 Å². The van der Waals surface area contributed by atoms with E-state index in [0.29, 0.717) is 25.7 Å². The van der Waals surface area contributed by atoms with Crippen LogP contribution in [-0.4, -0.2) is 101 Å². The van der Waals surface area contributed by atoms with E-state index in [0.717, 1.165) is 0 Å². The number of hydrogen-bond donors (Lipinski definition) is 9. The second-order valence-corrected chi connectivity index (χ2v) is 8.81. The van der Waals surface area contributed by atoms with Crippen LogP contribution in [0.3, 0.4) is 0 Å². The van der Waals surface area contributed by atoms with Crippen molar-refractivity contribution in [3.05, 3.63) is 0 Å². The molecule has 16 nitrogen and oxygen atoms in total. The van der Waals surface area contributed by atoms with Gasteiger partial charge in [0.05, 0.1) is 6.10 Å². The smallest absolute Gasteiger partial charge is 0.326 e. The summed E-state index contributed by atoms with van der Waals surface area (Å²) in [6.45, 7) is 1.99. The fourth-order valence-electron chi connectivity index (χ4n) is 3.78. The van der Waals surface area contributed by atoms with Crippen molar-refractivity contribution in [2.45, 2.75) is 75.7 Å². The van der Waals surface area contributed by atoms with Crippen LogP contribution in [0.4, 0.5) is 0 Å². The zero-order chi connectivity index (χ0) is 28.1. The molecule has 0 aromatic carbocycles. The number of nitrogens with zero attached hydrogens (tertiary/aromatic N) is 3. The quantitative estimate of drug-likeness (QED) is 0.0558. The number of hydrogen-bond acceptors (Lipinski definition) is 8. The van der Waals surface area contributed by atoms with Gasteiger partial charge in [-0.15, -0.1) is 0 Å². The van der Waals surface area contributed by atoms with Gasteiger partial charge in [-0.05, 0) is 45.4 Å². The summed E-state index contributed by atoms with van der Waals surface area (Å²) in [5, 5.41) is 24.2. The fraction of sp³-hybridized carbons (Fsp3) is 0.714. The molecular weight excluding hydrogens is 488 g/mol. The number of amides is 3. The number of nitrogens with one attached hydrogen (secondary N) is 2. The summed E-state index contributed by atoms with van der Waals surface area (Å²) < 4.78 is 0. The Morgan fingerprint density at radius 3 is 2.00 bits per heavy atom. The van der Waals surface area contributed by atoms with Gasteiger partial charge < -0.3 is 54.4 Å². The molecule has 0 bridgehead atoms. The van der Waals surface area contributed by atoms with Crippen LogP contribution in [0, 0.1) is 0 Å². The number of carbonyl (C=O) groups excluding carboxylic acids is 3. The highest BCUT2D eigenvalue weighted by atomic mass is 16.4. The SMILES string of the molecule is CC(O)C(N)C(=O)NC(CCCN=C(N)N)C(=O)N1CCCC1C(=O)NC(CCCN=C(N)N)C(=O)O. The van der Waals surface area contributed by atoms with Crippen LogP contribution in [0.2, 0.25) is 0 Å². The molecule has 1 saturated heterocycles. The second-order valence-electron chi connectivity index (χ2n) is 8.81. The Labute approximate surface area is 215 Å².